The molecule has 0 spiro atoms. The van der Waals surface area contributed by atoms with Gasteiger partial charge >= 0.3 is 5.63 Å². The summed E-state index contributed by atoms with van der Waals surface area (Å²) in [6, 6.07) is 10.1. The standard InChI is InChI=1S/C19H16O6/c1-10(20)8-14(11-2-4-12(21)5-3-11)17-18(23)15-9-13(22)6-7-16(15)25-19(17)24/h2-7,9,14,21-23H,8H2,1H3. The van der Waals surface area contributed by atoms with E-state index in [9.17, 15) is 24.9 Å². The van der Waals surface area contributed by atoms with Crippen molar-refractivity contribution in [1.82, 2.24) is 0 Å². The monoisotopic (exact) mass is 340 g/mol. The van der Waals surface area contributed by atoms with Crippen LogP contribution in [0.4, 0.5) is 0 Å². The van der Waals surface area contributed by atoms with Crippen LogP contribution in [-0.4, -0.2) is 21.1 Å². The molecule has 25 heavy (non-hydrogen) atoms. The van der Waals surface area contributed by atoms with Gasteiger partial charge in [0.2, 0.25) is 0 Å². The van der Waals surface area contributed by atoms with Gasteiger partial charge < -0.3 is 19.7 Å². The van der Waals surface area contributed by atoms with E-state index in [4.69, 9.17) is 4.42 Å². The van der Waals surface area contributed by atoms with Crippen LogP contribution in [0.2, 0.25) is 0 Å². The molecule has 0 aliphatic heterocycles. The molecule has 128 valence electrons. The fourth-order valence-electron chi connectivity index (χ4n) is 2.88. The van der Waals surface area contributed by atoms with Crippen LogP contribution >= 0.6 is 0 Å². The lowest BCUT2D eigenvalue weighted by Crippen LogP contribution is -2.16. The zero-order valence-electron chi connectivity index (χ0n) is 13.4. The molecule has 1 aromatic heterocycles. The van der Waals surface area contributed by atoms with E-state index < -0.39 is 11.5 Å². The number of hydrogen-bond acceptors (Lipinski definition) is 6. The zero-order valence-corrected chi connectivity index (χ0v) is 13.4. The summed E-state index contributed by atoms with van der Waals surface area (Å²) in [5, 5.41) is 29.9. The minimum Gasteiger partial charge on any atom is -0.508 e. The van der Waals surface area contributed by atoms with Crippen molar-refractivity contribution < 1.29 is 24.5 Å². The fourth-order valence-corrected chi connectivity index (χ4v) is 2.88. The van der Waals surface area contributed by atoms with Gasteiger partial charge in [-0.25, -0.2) is 4.79 Å². The Morgan fingerprint density at radius 1 is 1.04 bits per heavy atom. The highest BCUT2D eigenvalue weighted by Crippen LogP contribution is 2.37. The van der Waals surface area contributed by atoms with Gasteiger partial charge in [0, 0.05) is 12.3 Å². The lowest BCUT2D eigenvalue weighted by atomic mass is 9.87. The molecule has 0 saturated heterocycles. The summed E-state index contributed by atoms with van der Waals surface area (Å²) in [5.74, 6) is -1.28. The fraction of sp³-hybridized carbons (Fsp3) is 0.158. The van der Waals surface area contributed by atoms with Gasteiger partial charge in [0.25, 0.3) is 0 Å². The SMILES string of the molecule is CC(=O)CC(c1ccc(O)cc1)c1c(O)c2cc(O)ccc2oc1=O. The summed E-state index contributed by atoms with van der Waals surface area (Å²) in [5.41, 5.74) is -0.0968. The van der Waals surface area contributed by atoms with Crippen molar-refractivity contribution >= 4 is 16.8 Å². The van der Waals surface area contributed by atoms with Crippen molar-refractivity contribution in [2.75, 3.05) is 0 Å². The number of carbonyl (C=O) groups excluding carboxylic acids is 1. The van der Waals surface area contributed by atoms with Crippen LogP contribution < -0.4 is 5.63 Å². The predicted molar refractivity (Wildman–Crippen MR) is 91.1 cm³/mol. The summed E-state index contributed by atoms with van der Waals surface area (Å²) in [7, 11) is 0. The van der Waals surface area contributed by atoms with Crippen LogP contribution in [0.15, 0.2) is 51.7 Å². The number of phenolic OH excluding ortho intramolecular Hbond substituents is 2. The molecule has 0 amide bonds. The highest BCUT2D eigenvalue weighted by molar-refractivity contribution is 5.86. The maximum atomic E-state index is 12.5. The molecule has 1 heterocycles. The normalized spacial score (nSPS) is 12.2. The number of ketones is 1. The van der Waals surface area contributed by atoms with Gasteiger partial charge in [0.05, 0.1) is 10.9 Å². The molecule has 0 aliphatic carbocycles. The van der Waals surface area contributed by atoms with Gasteiger partial charge in [0.1, 0.15) is 28.6 Å². The van der Waals surface area contributed by atoms with Gasteiger partial charge in [-0.3, -0.25) is 4.79 Å². The lowest BCUT2D eigenvalue weighted by molar-refractivity contribution is -0.117. The Morgan fingerprint density at radius 2 is 1.68 bits per heavy atom. The molecule has 3 rings (SSSR count). The van der Waals surface area contributed by atoms with Crippen molar-refractivity contribution in [2.24, 2.45) is 0 Å². The van der Waals surface area contributed by atoms with Crippen molar-refractivity contribution in [3.8, 4) is 17.2 Å². The molecule has 3 N–H and O–H groups in total. The first-order valence-corrected chi connectivity index (χ1v) is 7.64. The number of fused-ring (bicyclic) bond motifs is 1. The molecule has 6 heteroatoms. The summed E-state index contributed by atoms with van der Waals surface area (Å²) >= 11 is 0. The Morgan fingerprint density at radius 3 is 2.32 bits per heavy atom. The first-order chi connectivity index (χ1) is 11.9. The minimum atomic E-state index is -0.755. The Balaban J connectivity index is 2.26. The molecule has 1 unspecified atom stereocenters. The molecule has 0 fully saturated rings. The van der Waals surface area contributed by atoms with Crippen LogP contribution in [0.5, 0.6) is 17.2 Å². The Labute approximate surface area is 142 Å². The van der Waals surface area contributed by atoms with E-state index in [1.54, 1.807) is 12.1 Å². The number of rotatable bonds is 4. The summed E-state index contributed by atoms with van der Waals surface area (Å²) < 4.78 is 5.25. The Bertz CT molecular complexity index is 1000. The van der Waals surface area contributed by atoms with Crippen LogP contribution in [0.1, 0.15) is 30.4 Å². The van der Waals surface area contributed by atoms with E-state index in [-0.39, 0.29) is 46.0 Å². The van der Waals surface area contributed by atoms with Crippen LogP contribution in [0.3, 0.4) is 0 Å². The highest BCUT2D eigenvalue weighted by Gasteiger charge is 2.26. The Hall–Kier alpha value is -3.28. The third kappa shape index (κ3) is 3.19. The topological polar surface area (TPSA) is 108 Å². The second-order valence-corrected chi connectivity index (χ2v) is 5.88. The molecule has 1 atom stereocenters. The molecule has 0 radical (unpaired) electrons. The lowest BCUT2D eigenvalue weighted by Gasteiger charge is -2.17. The number of Topliss-reactive ketones (excluding diaryl/α,β-unsaturated/α-hetero) is 1. The number of carbonyl (C=O) groups is 1. The van der Waals surface area contributed by atoms with E-state index in [1.807, 2.05) is 0 Å². The van der Waals surface area contributed by atoms with Crippen LogP contribution in [0.25, 0.3) is 11.0 Å². The first-order valence-electron chi connectivity index (χ1n) is 7.64. The number of benzene rings is 2. The molecule has 6 nitrogen and oxygen atoms in total. The van der Waals surface area contributed by atoms with Crippen LogP contribution in [0, 0.1) is 0 Å². The first kappa shape index (κ1) is 16.6. The molecule has 0 saturated carbocycles. The highest BCUT2D eigenvalue weighted by atomic mass is 16.4. The van der Waals surface area contributed by atoms with Gasteiger partial charge in [-0.1, -0.05) is 12.1 Å². The third-order valence-electron chi connectivity index (χ3n) is 4.03. The zero-order chi connectivity index (χ0) is 18.1. The molecule has 0 bridgehead atoms. The predicted octanol–water partition coefficient (Wildman–Crippen LogP) is 3.02. The smallest absolute Gasteiger partial charge is 0.343 e. The van der Waals surface area contributed by atoms with E-state index in [2.05, 4.69) is 0 Å². The van der Waals surface area contributed by atoms with Crippen molar-refractivity contribution in [3.05, 3.63) is 64.0 Å². The van der Waals surface area contributed by atoms with E-state index >= 15 is 0 Å². The number of hydrogen-bond donors (Lipinski definition) is 3. The third-order valence-corrected chi connectivity index (χ3v) is 4.03. The largest absolute Gasteiger partial charge is 0.508 e. The molecule has 3 aromatic rings. The Kier molecular flexibility index (Phi) is 4.19. The maximum absolute atomic E-state index is 12.5. The molecular formula is C19H16O6. The maximum Gasteiger partial charge on any atom is 0.343 e. The van der Waals surface area contributed by atoms with E-state index in [1.165, 1.54) is 37.3 Å². The molecular weight excluding hydrogens is 324 g/mol. The van der Waals surface area contributed by atoms with Gasteiger partial charge in [-0.2, -0.15) is 0 Å². The van der Waals surface area contributed by atoms with Gasteiger partial charge in [-0.15, -0.1) is 0 Å². The average molecular weight is 340 g/mol. The molecule has 2 aromatic carbocycles. The van der Waals surface area contributed by atoms with E-state index in [0.29, 0.717) is 5.56 Å². The minimum absolute atomic E-state index is 0.0204. The summed E-state index contributed by atoms with van der Waals surface area (Å²) in [4.78, 5) is 24.2. The van der Waals surface area contributed by atoms with E-state index in [0.717, 1.165) is 0 Å². The quantitative estimate of drug-likeness (QED) is 0.630. The van der Waals surface area contributed by atoms with Crippen molar-refractivity contribution in [1.29, 1.82) is 0 Å². The summed E-state index contributed by atoms with van der Waals surface area (Å²) in [6.45, 7) is 1.39. The second kappa shape index (κ2) is 6.32. The van der Waals surface area contributed by atoms with Crippen molar-refractivity contribution in [2.45, 2.75) is 19.3 Å². The van der Waals surface area contributed by atoms with Crippen molar-refractivity contribution in [3.63, 3.8) is 0 Å². The van der Waals surface area contributed by atoms with Gasteiger partial charge in [0.15, 0.2) is 0 Å². The molecule has 0 aliphatic rings. The number of phenols is 2. The van der Waals surface area contributed by atoms with Gasteiger partial charge in [-0.05, 0) is 42.8 Å². The second-order valence-electron chi connectivity index (χ2n) is 5.88. The summed E-state index contributed by atoms with van der Waals surface area (Å²) in [6.07, 6.45) is -0.0204. The average Bonchev–Trinajstić information content (AvgIpc) is 2.55. The number of aromatic hydroxyl groups is 3. The van der Waals surface area contributed by atoms with Crippen LogP contribution in [-0.2, 0) is 4.79 Å².